The summed E-state index contributed by atoms with van der Waals surface area (Å²) in [6.45, 7) is 1.81. The van der Waals surface area contributed by atoms with Crippen LogP contribution in [-0.4, -0.2) is 30.5 Å². The molecule has 2 aromatic heterocycles. The molecular weight excluding hydrogens is 382 g/mol. The summed E-state index contributed by atoms with van der Waals surface area (Å²) < 4.78 is 18.2. The molecule has 1 aliphatic rings. The lowest BCUT2D eigenvalue weighted by atomic mass is 10.2. The summed E-state index contributed by atoms with van der Waals surface area (Å²) in [5, 5.41) is 6.77. The average molecular weight is 405 g/mol. The van der Waals surface area contributed by atoms with Gasteiger partial charge < -0.3 is 18.8 Å². The first kappa shape index (κ1) is 18.2. The minimum absolute atomic E-state index is 0.385. The molecule has 1 unspecified atom stereocenters. The zero-order chi connectivity index (χ0) is 18.8. The standard InChI is InChI=1S/C19H21N3O3S2/c1-23-14-9-13(10-15(11-14)24-2)18-20-22(19(26)25-18)12-21-7-3-5-16(21)17-6-4-8-27-17/h4,6,8-11,16H,3,5,7,12H2,1-2H3/p+1/t16-/m0/s1. The number of hydrogen-bond donors (Lipinski definition) is 1. The Kier molecular flexibility index (Phi) is 5.29. The van der Waals surface area contributed by atoms with Gasteiger partial charge in [0.2, 0.25) is 5.89 Å². The molecule has 0 amide bonds. The predicted octanol–water partition coefficient (Wildman–Crippen LogP) is 3.33. The van der Waals surface area contributed by atoms with Crippen LogP contribution in [0, 0.1) is 4.84 Å². The van der Waals surface area contributed by atoms with Gasteiger partial charge in [-0.2, -0.15) is 4.68 Å². The summed E-state index contributed by atoms with van der Waals surface area (Å²) in [6, 6.07) is 10.4. The molecule has 0 aliphatic carbocycles. The second-order valence-electron chi connectivity index (χ2n) is 6.55. The topological polar surface area (TPSA) is 53.9 Å². The molecule has 1 saturated heterocycles. The van der Waals surface area contributed by atoms with Crippen LogP contribution < -0.4 is 14.4 Å². The van der Waals surface area contributed by atoms with Crippen LogP contribution in [0.15, 0.2) is 40.1 Å². The highest BCUT2D eigenvalue weighted by atomic mass is 32.1. The molecule has 0 saturated carbocycles. The fourth-order valence-electron chi connectivity index (χ4n) is 3.58. The van der Waals surface area contributed by atoms with Gasteiger partial charge in [-0.05, 0) is 35.8 Å². The largest absolute Gasteiger partial charge is 0.497 e. The number of rotatable bonds is 6. The molecule has 2 atom stereocenters. The number of methoxy groups -OCH3 is 2. The van der Waals surface area contributed by atoms with E-state index in [9.17, 15) is 0 Å². The lowest BCUT2D eigenvalue weighted by Crippen LogP contribution is -3.09. The molecule has 27 heavy (non-hydrogen) atoms. The highest BCUT2D eigenvalue weighted by Gasteiger charge is 2.31. The maximum atomic E-state index is 5.78. The molecule has 3 heterocycles. The highest BCUT2D eigenvalue weighted by Crippen LogP contribution is 2.29. The fourth-order valence-corrected chi connectivity index (χ4v) is 4.68. The van der Waals surface area contributed by atoms with E-state index >= 15 is 0 Å². The lowest BCUT2D eigenvalue weighted by Gasteiger charge is -2.19. The molecule has 142 valence electrons. The fraction of sp³-hybridized carbons (Fsp3) is 0.368. The minimum Gasteiger partial charge on any atom is -0.497 e. The molecule has 0 bridgehead atoms. The van der Waals surface area contributed by atoms with Gasteiger partial charge in [-0.25, -0.2) is 0 Å². The van der Waals surface area contributed by atoms with Crippen LogP contribution in [0.25, 0.3) is 11.5 Å². The van der Waals surface area contributed by atoms with Crippen molar-refractivity contribution in [1.29, 1.82) is 0 Å². The van der Waals surface area contributed by atoms with Gasteiger partial charge in [-0.1, -0.05) is 6.07 Å². The van der Waals surface area contributed by atoms with E-state index in [-0.39, 0.29) is 0 Å². The first-order valence-electron chi connectivity index (χ1n) is 8.87. The van der Waals surface area contributed by atoms with Crippen molar-refractivity contribution in [3.8, 4) is 23.0 Å². The zero-order valence-corrected chi connectivity index (χ0v) is 16.9. The number of nitrogens with zero attached hydrogens (tertiary/aromatic N) is 2. The Morgan fingerprint density at radius 1 is 1.30 bits per heavy atom. The molecule has 1 aromatic carbocycles. The first-order chi connectivity index (χ1) is 13.2. The van der Waals surface area contributed by atoms with Gasteiger partial charge in [-0.3, -0.25) is 0 Å². The second kappa shape index (κ2) is 7.84. The SMILES string of the molecule is COc1cc(OC)cc(-c2nn(C[NH+]3CCC[C@H]3c3cccs3)c(=S)o2)c1. The third-order valence-corrected chi connectivity index (χ3v) is 6.21. The van der Waals surface area contributed by atoms with E-state index in [4.69, 9.17) is 26.1 Å². The Labute approximate surface area is 166 Å². The van der Waals surface area contributed by atoms with E-state index in [1.54, 1.807) is 18.9 Å². The summed E-state index contributed by atoms with van der Waals surface area (Å²) in [5.41, 5.74) is 0.780. The molecule has 1 fully saturated rings. The molecule has 1 aliphatic heterocycles. The third-order valence-electron chi connectivity index (χ3n) is 4.93. The molecule has 4 rings (SSSR count). The number of thiophene rings is 1. The van der Waals surface area contributed by atoms with Gasteiger partial charge >= 0.3 is 0 Å². The molecule has 8 heteroatoms. The van der Waals surface area contributed by atoms with Gasteiger partial charge in [0.05, 0.1) is 25.6 Å². The van der Waals surface area contributed by atoms with Crippen molar-refractivity contribution in [3.63, 3.8) is 0 Å². The van der Waals surface area contributed by atoms with Crippen molar-refractivity contribution in [1.82, 2.24) is 9.78 Å². The van der Waals surface area contributed by atoms with Gasteiger partial charge in [0.1, 0.15) is 17.5 Å². The van der Waals surface area contributed by atoms with Crippen molar-refractivity contribution in [2.45, 2.75) is 25.6 Å². The summed E-state index contributed by atoms with van der Waals surface area (Å²) in [6.07, 6.45) is 2.41. The molecular formula is C19H22N3O3S2+. The Bertz CT molecular complexity index is 943. The molecule has 3 aromatic rings. The summed E-state index contributed by atoms with van der Waals surface area (Å²) >= 11 is 7.25. The minimum atomic E-state index is 0.385. The zero-order valence-electron chi connectivity index (χ0n) is 15.3. The number of quaternary nitrogens is 1. The first-order valence-corrected chi connectivity index (χ1v) is 10.2. The Balaban J connectivity index is 1.60. The number of benzene rings is 1. The van der Waals surface area contributed by atoms with Crippen LogP contribution in [-0.2, 0) is 6.67 Å². The van der Waals surface area contributed by atoms with Crippen LogP contribution in [0.5, 0.6) is 11.5 Å². The number of hydrogen-bond acceptors (Lipinski definition) is 6. The van der Waals surface area contributed by atoms with E-state index in [1.165, 1.54) is 22.6 Å². The maximum absolute atomic E-state index is 5.78. The molecule has 0 spiro atoms. The quantitative estimate of drug-likeness (QED) is 0.639. The third kappa shape index (κ3) is 3.78. The van der Waals surface area contributed by atoms with Gasteiger partial charge in [0.15, 0.2) is 6.67 Å². The second-order valence-corrected chi connectivity index (χ2v) is 7.88. The smallest absolute Gasteiger partial charge is 0.292 e. The van der Waals surface area contributed by atoms with Crippen LogP contribution in [0.3, 0.4) is 0 Å². The van der Waals surface area contributed by atoms with Crippen molar-refractivity contribution >= 4 is 23.6 Å². The normalized spacial score (nSPS) is 19.3. The summed E-state index contributed by atoms with van der Waals surface area (Å²) in [4.78, 5) is 3.28. The van der Waals surface area contributed by atoms with E-state index in [0.717, 1.165) is 12.1 Å². The van der Waals surface area contributed by atoms with Crippen molar-refractivity contribution in [2.75, 3.05) is 20.8 Å². The van der Waals surface area contributed by atoms with Crippen molar-refractivity contribution < 1.29 is 18.8 Å². The number of likely N-dealkylation sites (tertiary alicyclic amines) is 1. The van der Waals surface area contributed by atoms with Gasteiger partial charge in [0.25, 0.3) is 4.84 Å². The van der Waals surface area contributed by atoms with Crippen LogP contribution in [0.2, 0.25) is 0 Å². The average Bonchev–Trinajstić information content (AvgIpc) is 3.43. The van der Waals surface area contributed by atoms with E-state index < -0.39 is 0 Å². The van der Waals surface area contributed by atoms with Crippen LogP contribution in [0.1, 0.15) is 23.8 Å². The van der Waals surface area contributed by atoms with E-state index in [0.29, 0.717) is 34.9 Å². The number of aromatic nitrogens is 2. The molecule has 1 N–H and O–H groups in total. The Hall–Kier alpha value is -2.16. The highest BCUT2D eigenvalue weighted by molar-refractivity contribution is 7.71. The maximum Gasteiger partial charge on any atom is 0.292 e. The Morgan fingerprint density at radius 2 is 2.07 bits per heavy atom. The van der Waals surface area contributed by atoms with Crippen molar-refractivity contribution in [3.05, 3.63) is 45.4 Å². The molecule has 0 radical (unpaired) electrons. The van der Waals surface area contributed by atoms with Crippen LogP contribution in [0.4, 0.5) is 0 Å². The van der Waals surface area contributed by atoms with Crippen LogP contribution >= 0.6 is 23.6 Å². The van der Waals surface area contributed by atoms with E-state index in [1.807, 2.05) is 29.5 Å². The number of nitrogens with one attached hydrogen (secondary N) is 1. The number of ether oxygens (including phenoxy) is 2. The monoisotopic (exact) mass is 404 g/mol. The summed E-state index contributed by atoms with van der Waals surface area (Å²) in [7, 11) is 3.24. The van der Waals surface area contributed by atoms with Crippen molar-refractivity contribution in [2.24, 2.45) is 0 Å². The predicted molar refractivity (Wildman–Crippen MR) is 106 cm³/mol. The Morgan fingerprint density at radius 3 is 2.74 bits per heavy atom. The lowest BCUT2D eigenvalue weighted by molar-refractivity contribution is -0.941. The molecule has 6 nitrogen and oxygen atoms in total. The van der Waals surface area contributed by atoms with E-state index in [2.05, 4.69) is 22.6 Å². The van der Waals surface area contributed by atoms with Gasteiger partial charge in [0, 0.05) is 24.5 Å². The van der Waals surface area contributed by atoms with Gasteiger partial charge in [-0.15, -0.1) is 16.4 Å². The summed E-state index contributed by atoms with van der Waals surface area (Å²) in [5.74, 6) is 1.84.